The highest BCUT2D eigenvalue weighted by Gasteiger charge is 2.53. The van der Waals surface area contributed by atoms with Crippen molar-refractivity contribution in [2.24, 2.45) is 5.41 Å². The summed E-state index contributed by atoms with van der Waals surface area (Å²) in [7, 11) is 2.67. The van der Waals surface area contributed by atoms with Crippen molar-refractivity contribution >= 4 is 17.7 Å². The van der Waals surface area contributed by atoms with Crippen LogP contribution in [0.1, 0.15) is 37.5 Å². The Morgan fingerprint density at radius 1 is 1.14 bits per heavy atom. The molecule has 6 nitrogen and oxygen atoms in total. The maximum atomic E-state index is 15.7. The van der Waals surface area contributed by atoms with E-state index in [-0.39, 0.29) is 28.3 Å². The van der Waals surface area contributed by atoms with Gasteiger partial charge in [0, 0.05) is 28.1 Å². The minimum atomic E-state index is -1.09. The molecule has 0 bridgehead atoms. The van der Waals surface area contributed by atoms with E-state index >= 15 is 4.39 Å². The molecule has 3 aromatic rings. The molecule has 0 aliphatic carbocycles. The summed E-state index contributed by atoms with van der Waals surface area (Å²) in [6.07, 6.45) is -0.353. The molecule has 1 N–H and O–H groups in total. The number of fused-ring (bicyclic) bond motifs is 1. The Hall–Kier alpha value is -3.76. The lowest BCUT2D eigenvalue weighted by molar-refractivity contribution is 0.000417. The van der Waals surface area contributed by atoms with Gasteiger partial charge in [0.1, 0.15) is 5.75 Å². The van der Waals surface area contributed by atoms with Crippen LogP contribution in [0.3, 0.4) is 0 Å². The van der Waals surface area contributed by atoms with Gasteiger partial charge in [0.15, 0.2) is 17.2 Å². The molecule has 0 saturated carbocycles. The van der Waals surface area contributed by atoms with E-state index in [2.05, 4.69) is 11.4 Å². The zero-order valence-electron chi connectivity index (χ0n) is 21.3. The fourth-order valence-corrected chi connectivity index (χ4v) is 5.38. The Bertz CT molecular complexity index is 1380. The summed E-state index contributed by atoms with van der Waals surface area (Å²) in [6, 6.07) is 17.3. The van der Waals surface area contributed by atoms with Gasteiger partial charge in [-0.2, -0.15) is 5.26 Å². The molecule has 1 amide bonds. The molecule has 4 rings (SSSR count). The number of benzene rings is 3. The van der Waals surface area contributed by atoms with E-state index in [4.69, 9.17) is 25.8 Å². The van der Waals surface area contributed by atoms with E-state index in [0.717, 1.165) is 5.56 Å². The third kappa shape index (κ3) is 4.58. The molecule has 0 saturated heterocycles. The lowest BCUT2D eigenvalue weighted by Gasteiger charge is -2.44. The van der Waals surface area contributed by atoms with Gasteiger partial charge in [-0.25, -0.2) is 9.18 Å². The first kappa shape index (κ1) is 26.3. The second kappa shape index (κ2) is 9.95. The molecule has 2 unspecified atom stereocenters. The normalized spacial score (nSPS) is 17.2. The number of halogens is 2. The molecule has 2 atom stereocenters. The van der Waals surface area contributed by atoms with Gasteiger partial charge in [0.2, 0.25) is 0 Å². The van der Waals surface area contributed by atoms with Crippen molar-refractivity contribution in [2.75, 3.05) is 14.2 Å². The van der Waals surface area contributed by atoms with Crippen LogP contribution in [0.2, 0.25) is 5.02 Å². The van der Waals surface area contributed by atoms with Crippen LogP contribution in [0.15, 0.2) is 54.6 Å². The van der Waals surface area contributed by atoms with E-state index in [9.17, 15) is 10.1 Å². The molecule has 1 heterocycles. The summed E-state index contributed by atoms with van der Waals surface area (Å²) in [5.74, 6) is -0.208. The van der Waals surface area contributed by atoms with Gasteiger partial charge in [0.25, 0.3) is 0 Å². The Labute approximate surface area is 220 Å². The van der Waals surface area contributed by atoms with Gasteiger partial charge in [0.05, 0.1) is 31.9 Å². The maximum Gasteiger partial charge on any atom is 0.407 e. The second-order valence-electron chi connectivity index (χ2n) is 9.98. The number of nitriles is 1. The third-order valence-corrected chi connectivity index (χ3v) is 7.00. The van der Waals surface area contributed by atoms with Gasteiger partial charge in [-0.1, -0.05) is 62.7 Å². The zero-order chi connectivity index (χ0) is 27.0. The number of hydrogen-bond acceptors (Lipinski definition) is 5. The molecule has 8 heteroatoms. The standard InChI is InChI=1S/C29H28ClFN2O4/c1-28(2,3)26(33-27(34)36-5)29(18-9-7-6-8-10-18)15-19-21(37-29)14-12-20(30)24(19)23-17(16-32)11-13-22(35-4)25(23)31/h6-14,26H,15H2,1-5H3,(H,33,34). The number of rotatable bonds is 5. The minimum Gasteiger partial charge on any atom is -0.494 e. The lowest BCUT2D eigenvalue weighted by atomic mass is 9.70. The van der Waals surface area contributed by atoms with Crippen LogP contribution in [-0.4, -0.2) is 26.4 Å². The fraction of sp³-hybridized carbons (Fsp3) is 0.310. The number of carbonyl (C=O) groups excluding carboxylic acids is 1. The van der Waals surface area contributed by atoms with Crippen LogP contribution in [-0.2, 0) is 16.8 Å². The molecule has 192 valence electrons. The van der Waals surface area contributed by atoms with E-state index < -0.39 is 29.0 Å². The summed E-state index contributed by atoms with van der Waals surface area (Å²) in [5, 5.41) is 13.1. The van der Waals surface area contributed by atoms with E-state index in [0.29, 0.717) is 16.9 Å². The molecular weight excluding hydrogens is 495 g/mol. The summed E-state index contributed by atoms with van der Waals surface area (Å²) >= 11 is 6.69. The Morgan fingerprint density at radius 3 is 2.43 bits per heavy atom. The minimum absolute atomic E-state index is 0.00386. The monoisotopic (exact) mass is 522 g/mol. The number of alkyl carbamates (subject to hydrolysis) is 1. The van der Waals surface area contributed by atoms with Crippen molar-refractivity contribution in [3.8, 4) is 28.7 Å². The fourth-order valence-electron chi connectivity index (χ4n) is 5.11. The van der Waals surface area contributed by atoms with Crippen molar-refractivity contribution in [1.82, 2.24) is 5.32 Å². The number of nitrogens with one attached hydrogen (secondary N) is 1. The molecule has 0 radical (unpaired) electrons. The highest BCUT2D eigenvalue weighted by Crippen LogP contribution is 2.52. The highest BCUT2D eigenvalue weighted by atomic mass is 35.5. The van der Waals surface area contributed by atoms with Crippen molar-refractivity contribution in [2.45, 2.75) is 38.8 Å². The van der Waals surface area contributed by atoms with Crippen LogP contribution in [0, 0.1) is 22.6 Å². The Morgan fingerprint density at radius 2 is 1.84 bits per heavy atom. The second-order valence-corrected chi connectivity index (χ2v) is 10.4. The highest BCUT2D eigenvalue weighted by molar-refractivity contribution is 6.33. The predicted molar refractivity (Wildman–Crippen MR) is 139 cm³/mol. The molecule has 1 aliphatic rings. The summed E-state index contributed by atoms with van der Waals surface area (Å²) in [5.41, 5.74) is 0.384. The topological polar surface area (TPSA) is 80.6 Å². The predicted octanol–water partition coefficient (Wildman–Crippen LogP) is 6.63. The number of methoxy groups -OCH3 is 2. The molecule has 0 fully saturated rings. The first-order valence-electron chi connectivity index (χ1n) is 11.7. The average molecular weight is 523 g/mol. The summed E-state index contributed by atoms with van der Waals surface area (Å²) < 4.78 is 32.6. The first-order chi connectivity index (χ1) is 17.6. The first-order valence-corrected chi connectivity index (χ1v) is 12.1. The van der Waals surface area contributed by atoms with E-state index in [1.165, 1.54) is 26.4 Å². The van der Waals surface area contributed by atoms with Crippen LogP contribution in [0.4, 0.5) is 9.18 Å². The van der Waals surface area contributed by atoms with Gasteiger partial charge in [-0.3, -0.25) is 0 Å². The smallest absolute Gasteiger partial charge is 0.407 e. The number of nitrogens with zero attached hydrogens (tertiary/aromatic N) is 1. The number of ether oxygens (including phenoxy) is 3. The van der Waals surface area contributed by atoms with Crippen LogP contribution in [0.5, 0.6) is 11.5 Å². The van der Waals surface area contributed by atoms with Crippen LogP contribution >= 0.6 is 11.6 Å². The zero-order valence-corrected chi connectivity index (χ0v) is 22.1. The SMILES string of the molecule is COC(=O)NC(C(C)(C)C)C1(c2ccccc2)Cc2c(ccc(Cl)c2-c2c(C#N)ccc(OC)c2F)O1. The average Bonchev–Trinajstić information content (AvgIpc) is 3.27. The summed E-state index contributed by atoms with van der Waals surface area (Å²) in [4.78, 5) is 12.5. The summed E-state index contributed by atoms with van der Waals surface area (Å²) in [6.45, 7) is 5.98. The molecule has 37 heavy (non-hydrogen) atoms. The van der Waals surface area contributed by atoms with Crippen LogP contribution in [0.25, 0.3) is 11.1 Å². The Balaban J connectivity index is 2.00. The van der Waals surface area contributed by atoms with Crippen molar-refractivity contribution < 1.29 is 23.4 Å². The van der Waals surface area contributed by atoms with Crippen molar-refractivity contribution in [1.29, 1.82) is 5.26 Å². The maximum absolute atomic E-state index is 15.7. The van der Waals surface area contributed by atoms with Crippen molar-refractivity contribution in [3.05, 3.63) is 82.1 Å². The van der Waals surface area contributed by atoms with Gasteiger partial charge < -0.3 is 19.5 Å². The molecule has 0 aromatic heterocycles. The molecule has 3 aromatic carbocycles. The van der Waals surface area contributed by atoms with E-state index in [1.807, 2.05) is 51.1 Å². The van der Waals surface area contributed by atoms with Crippen LogP contribution < -0.4 is 14.8 Å². The number of hydrogen-bond donors (Lipinski definition) is 1. The van der Waals surface area contributed by atoms with Gasteiger partial charge in [-0.15, -0.1) is 0 Å². The van der Waals surface area contributed by atoms with Gasteiger partial charge >= 0.3 is 6.09 Å². The molecule has 1 aliphatic heterocycles. The number of amides is 1. The Kier molecular flexibility index (Phi) is 7.07. The van der Waals surface area contributed by atoms with Gasteiger partial charge in [-0.05, 0) is 35.2 Å². The van der Waals surface area contributed by atoms with E-state index in [1.54, 1.807) is 12.1 Å². The lowest BCUT2D eigenvalue weighted by Crippen LogP contribution is -2.59. The third-order valence-electron chi connectivity index (χ3n) is 6.69. The quantitative estimate of drug-likeness (QED) is 0.407. The molecule has 0 spiro atoms. The largest absolute Gasteiger partial charge is 0.494 e. The van der Waals surface area contributed by atoms with Crippen molar-refractivity contribution in [3.63, 3.8) is 0 Å². The molecular formula is C29H28ClFN2O4. The number of carbonyl (C=O) groups is 1.